The largest absolute Gasteiger partial charge is 0.472 e. The number of esters is 3. The summed E-state index contributed by atoms with van der Waals surface area (Å²) in [6.07, 6.45) is 54.9. The van der Waals surface area contributed by atoms with Crippen LogP contribution in [0.25, 0.3) is 0 Å². The van der Waals surface area contributed by atoms with E-state index in [0.717, 1.165) is 122 Å². The summed E-state index contributed by atoms with van der Waals surface area (Å²) in [6, 6.07) is 0. The fourth-order valence-electron chi connectivity index (χ4n) is 7.79. The number of aliphatic hydroxyl groups excluding tert-OH is 1. The van der Waals surface area contributed by atoms with Gasteiger partial charge in [-0.3, -0.25) is 23.4 Å². The van der Waals surface area contributed by atoms with E-state index in [4.69, 9.17) is 23.3 Å². The summed E-state index contributed by atoms with van der Waals surface area (Å²) in [7, 11) is -4.75. The Hall–Kier alpha value is -2.56. The molecule has 11 nitrogen and oxygen atoms in total. The van der Waals surface area contributed by atoms with Gasteiger partial charge >= 0.3 is 25.7 Å². The first-order valence-corrected chi connectivity index (χ1v) is 30.0. The molecule has 2 N–H and O–H groups in total. The molecule has 0 aliphatic heterocycles. The van der Waals surface area contributed by atoms with Gasteiger partial charge in [-0.05, 0) is 103 Å². The van der Waals surface area contributed by atoms with E-state index in [9.17, 15) is 28.9 Å². The molecular formula is C58H105O11P. The van der Waals surface area contributed by atoms with E-state index in [1.165, 1.54) is 83.5 Å². The highest BCUT2D eigenvalue weighted by atomic mass is 31.2. The Morgan fingerprint density at radius 1 is 0.400 bits per heavy atom. The lowest BCUT2D eigenvalue weighted by molar-refractivity contribution is -0.161. The molecule has 0 bridgehead atoms. The molecule has 70 heavy (non-hydrogen) atoms. The van der Waals surface area contributed by atoms with Crippen LogP contribution in [0.3, 0.4) is 0 Å². The quantitative estimate of drug-likeness (QED) is 0.0197. The number of carbonyl (C=O) groups excluding carboxylic acids is 3. The molecule has 0 aliphatic rings. The first-order valence-electron chi connectivity index (χ1n) is 28.5. The zero-order chi connectivity index (χ0) is 51.3. The standard InChI is InChI=1S/C58H105O11P/c1-4-7-10-13-16-19-22-25-27-30-33-36-39-42-45-48-57(61)68-54(50-59)52-66-70(63,64)67-53-55(51-65-56(60)47-44-41-38-35-32-29-24-21-18-15-12-9-6-3)69-58(62)49-46-43-40-37-34-31-28-26-23-20-17-14-11-8-5-2/h17,20-21,24-28,54-55,59H,4-16,18-19,22-23,29-53H2,1-3H3,(H,63,64)/b20-17-,24-21-,27-25-,28-26-. The molecule has 0 amide bonds. The molecule has 0 fully saturated rings. The molecular weight excluding hydrogens is 904 g/mol. The van der Waals surface area contributed by atoms with Crippen LogP contribution in [0.4, 0.5) is 0 Å². The molecule has 0 spiro atoms. The molecule has 12 heteroatoms. The molecule has 0 radical (unpaired) electrons. The number of phosphoric ester groups is 1. The van der Waals surface area contributed by atoms with Crippen LogP contribution in [-0.4, -0.2) is 66.5 Å². The first-order chi connectivity index (χ1) is 34.2. The Kier molecular flexibility index (Phi) is 50.8. The molecule has 0 aromatic heterocycles. The van der Waals surface area contributed by atoms with Crippen molar-refractivity contribution in [1.29, 1.82) is 0 Å². The number of phosphoric acid groups is 1. The number of allylic oxidation sites excluding steroid dienone is 8. The smallest absolute Gasteiger partial charge is 0.462 e. The van der Waals surface area contributed by atoms with Crippen molar-refractivity contribution in [3.05, 3.63) is 48.6 Å². The average Bonchev–Trinajstić information content (AvgIpc) is 3.35. The van der Waals surface area contributed by atoms with Crippen molar-refractivity contribution >= 4 is 25.7 Å². The summed E-state index contributed by atoms with van der Waals surface area (Å²) in [4.78, 5) is 48.5. The second-order valence-electron chi connectivity index (χ2n) is 19.1. The molecule has 3 unspecified atom stereocenters. The second kappa shape index (κ2) is 52.8. The highest BCUT2D eigenvalue weighted by Gasteiger charge is 2.28. The van der Waals surface area contributed by atoms with Gasteiger partial charge in [0.1, 0.15) is 12.7 Å². The van der Waals surface area contributed by atoms with Crippen molar-refractivity contribution in [2.24, 2.45) is 0 Å². The van der Waals surface area contributed by atoms with Gasteiger partial charge in [-0.2, -0.15) is 0 Å². The Labute approximate surface area is 428 Å². The first kappa shape index (κ1) is 67.4. The van der Waals surface area contributed by atoms with E-state index in [1.54, 1.807) is 0 Å². The molecule has 408 valence electrons. The molecule has 0 saturated heterocycles. The molecule has 0 aromatic carbocycles. The van der Waals surface area contributed by atoms with Crippen molar-refractivity contribution in [2.45, 2.75) is 277 Å². The van der Waals surface area contributed by atoms with Gasteiger partial charge in [-0.15, -0.1) is 0 Å². The van der Waals surface area contributed by atoms with Gasteiger partial charge in [-0.1, -0.05) is 191 Å². The summed E-state index contributed by atoms with van der Waals surface area (Å²) in [5.41, 5.74) is 0. The minimum atomic E-state index is -4.75. The van der Waals surface area contributed by atoms with Crippen molar-refractivity contribution in [2.75, 3.05) is 26.4 Å². The third kappa shape index (κ3) is 50.4. The molecule has 3 atom stereocenters. The van der Waals surface area contributed by atoms with Crippen LogP contribution in [-0.2, 0) is 42.2 Å². The van der Waals surface area contributed by atoms with E-state index >= 15 is 0 Å². The minimum Gasteiger partial charge on any atom is -0.462 e. The summed E-state index contributed by atoms with van der Waals surface area (Å²) >= 11 is 0. The van der Waals surface area contributed by atoms with E-state index in [0.29, 0.717) is 19.3 Å². The van der Waals surface area contributed by atoms with Crippen LogP contribution < -0.4 is 0 Å². The zero-order valence-corrected chi connectivity index (χ0v) is 45.9. The van der Waals surface area contributed by atoms with Gasteiger partial charge in [0.15, 0.2) is 6.10 Å². The average molecular weight is 1010 g/mol. The maximum Gasteiger partial charge on any atom is 0.472 e. The van der Waals surface area contributed by atoms with Crippen LogP contribution in [0.2, 0.25) is 0 Å². The lowest BCUT2D eigenvalue weighted by Gasteiger charge is -2.21. The Morgan fingerprint density at radius 2 is 0.700 bits per heavy atom. The predicted molar refractivity (Wildman–Crippen MR) is 289 cm³/mol. The van der Waals surface area contributed by atoms with Gasteiger partial charge in [0, 0.05) is 19.3 Å². The normalized spacial score (nSPS) is 13.7. The van der Waals surface area contributed by atoms with Crippen molar-refractivity contribution in [1.82, 2.24) is 0 Å². The summed E-state index contributed by atoms with van der Waals surface area (Å²) in [6.45, 7) is 4.58. The molecule has 0 rings (SSSR count). The van der Waals surface area contributed by atoms with Crippen LogP contribution in [0.15, 0.2) is 48.6 Å². The monoisotopic (exact) mass is 1010 g/mol. The number of carbonyl (C=O) groups is 3. The number of hydrogen-bond donors (Lipinski definition) is 2. The second-order valence-corrected chi connectivity index (χ2v) is 20.5. The number of unbranched alkanes of at least 4 members (excludes halogenated alkanes) is 28. The van der Waals surface area contributed by atoms with E-state index in [-0.39, 0.29) is 25.9 Å². The van der Waals surface area contributed by atoms with E-state index in [1.807, 2.05) is 0 Å². The van der Waals surface area contributed by atoms with Gasteiger partial charge in [-0.25, -0.2) is 4.57 Å². The Bertz CT molecular complexity index is 1360. The van der Waals surface area contributed by atoms with Crippen LogP contribution in [0.1, 0.15) is 265 Å². The Balaban J connectivity index is 4.73. The minimum absolute atomic E-state index is 0.150. The van der Waals surface area contributed by atoms with E-state index < -0.39 is 57.8 Å². The predicted octanol–water partition coefficient (Wildman–Crippen LogP) is 16.6. The van der Waals surface area contributed by atoms with Crippen molar-refractivity contribution in [3.8, 4) is 0 Å². The van der Waals surface area contributed by atoms with Gasteiger partial charge in [0.2, 0.25) is 0 Å². The van der Waals surface area contributed by atoms with Crippen molar-refractivity contribution < 1.29 is 52.2 Å². The summed E-state index contributed by atoms with van der Waals surface area (Å²) < 4.78 is 39.5. The molecule has 0 aliphatic carbocycles. The topological polar surface area (TPSA) is 155 Å². The highest BCUT2D eigenvalue weighted by Crippen LogP contribution is 2.43. The zero-order valence-electron chi connectivity index (χ0n) is 45.0. The number of aliphatic hydroxyl groups is 1. The Morgan fingerprint density at radius 3 is 1.11 bits per heavy atom. The molecule has 0 heterocycles. The van der Waals surface area contributed by atoms with Crippen molar-refractivity contribution in [3.63, 3.8) is 0 Å². The van der Waals surface area contributed by atoms with Crippen LogP contribution in [0.5, 0.6) is 0 Å². The van der Waals surface area contributed by atoms with Gasteiger partial charge in [0.05, 0.1) is 19.8 Å². The highest BCUT2D eigenvalue weighted by molar-refractivity contribution is 7.47. The lowest BCUT2D eigenvalue weighted by atomic mass is 10.1. The maximum absolute atomic E-state index is 12.9. The lowest BCUT2D eigenvalue weighted by Crippen LogP contribution is -2.30. The number of hydrogen-bond acceptors (Lipinski definition) is 10. The third-order valence-electron chi connectivity index (χ3n) is 12.2. The fourth-order valence-corrected chi connectivity index (χ4v) is 8.57. The third-order valence-corrected chi connectivity index (χ3v) is 13.1. The summed E-state index contributed by atoms with van der Waals surface area (Å²) in [5, 5.41) is 9.80. The number of ether oxygens (including phenoxy) is 3. The SMILES string of the molecule is CCCCC/C=C\C/C=C\CCCCCCCC(=O)OC(COC(=O)CCCCCCC/C=C\CCCCCC)COP(=O)(O)OCC(CO)OC(=O)CCCCCCC/C=C\CCCCCCCC. The number of rotatable bonds is 53. The fraction of sp³-hybridized carbons (Fsp3) is 0.810. The van der Waals surface area contributed by atoms with Crippen LogP contribution in [0, 0.1) is 0 Å². The van der Waals surface area contributed by atoms with Gasteiger partial charge in [0.25, 0.3) is 0 Å². The molecule has 0 saturated carbocycles. The van der Waals surface area contributed by atoms with Crippen LogP contribution >= 0.6 is 7.82 Å². The van der Waals surface area contributed by atoms with E-state index in [2.05, 4.69) is 69.4 Å². The van der Waals surface area contributed by atoms with Gasteiger partial charge < -0.3 is 24.2 Å². The summed E-state index contributed by atoms with van der Waals surface area (Å²) in [5.74, 6) is -1.49. The maximum atomic E-state index is 12.9. The molecule has 0 aromatic rings.